The van der Waals surface area contributed by atoms with E-state index in [-0.39, 0.29) is 12.3 Å². The molecule has 0 aromatic heterocycles. The van der Waals surface area contributed by atoms with Crippen molar-refractivity contribution in [3.8, 4) is 0 Å². The lowest BCUT2D eigenvalue weighted by atomic mass is 9.84. The zero-order valence-corrected chi connectivity index (χ0v) is 16.1. The quantitative estimate of drug-likeness (QED) is 0.780. The molecule has 1 aliphatic rings. The Morgan fingerprint density at radius 1 is 1.14 bits per heavy atom. The van der Waals surface area contributed by atoms with Crippen molar-refractivity contribution >= 4 is 17.7 Å². The molecule has 28 heavy (non-hydrogen) atoms. The van der Waals surface area contributed by atoms with Crippen molar-refractivity contribution < 1.29 is 18.7 Å². The third-order valence-electron chi connectivity index (χ3n) is 4.77. The average Bonchev–Trinajstić information content (AvgIpc) is 2.68. The molecular formula is C22H23FN2O3. The summed E-state index contributed by atoms with van der Waals surface area (Å²) >= 11 is 0. The second-order valence-corrected chi connectivity index (χ2v) is 6.98. The van der Waals surface area contributed by atoms with Crippen LogP contribution in [0.5, 0.6) is 0 Å². The number of aliphatic imine (C=N–C) groups is 1. The van der Waals surface area contributed by atoms with Gasteiger partial charge in [0.25, 0.3) is 0 Å². The molecule has 146 valence electrons. The van der Waals surface area contributed by atoms with Gasteiger partial charge in [-0.2, -0.15) is 4.99 Å². The van der Waals surface area contributed by atoms with Crippen molar-refractivity contribution in [2.24, 2.45) is 10.9 Å². The van der Waals surface area contributed by atoms with E-state index in [0.717, 1.165) is 11.1 Å². The number of urea groups is 1. The van der Waals surface area contributed by atoms with Gasteiger partial charge in [0.15, 0.2) is 0 Å². The Morgan fingerprint density at radius 2 is 1.79 bits per heavy atom. The van der Waals surface area contributed by atoms with E-state index in [1.165, 1.54) is 24.3 Å². The monoisotopic (exact) mass is 382 g/mol. The Kier molecular flexibility index (Phi) is 5.87. The second kappa shape index (κ2) is 8.33. The van der Waals surface area contributed by atoms with Crippen LogP contribution in [-0.4, -0.2) is 24.3 Å². The van der Waals surface area contributed by atoms with Crippen LogP contribution in [0.25, 0.3) is 0 Å². The largest absolute Gasteiger partial charge is 0.465 e. The predicted octanol–water partition coefficient (Wildman–Crippen LogP) is 4.38. The van der Waals surface area contributed by atoms with Crippen LogP contribution in [0.15, 0.2) is 53.5 Å². The normalized spacial score (nSPS) is 19.2. The third kappa shape index (κ3) is 4.11. The van der Waals surface area contributed by atoms with Gasteiger partial charge < -0.3 is 10.1 Å². The second-order valence-electron chi connectivity index (χ2n) is 6.98. The number of nitrogens with one attached hydrogen (secondary N) is 1. The summed E-state index contributed by atoms with van der Waals surface area (Å²) in [6, 6.07) is 12.2. The molecule has 1 heterocycles. The fraction of sp³-hybridized carbons (Fsp3) is 0.318. The molecule has 0 saturated heterocycles. The maximum absolute atomic E-state index is 13.3. The minimum Gasteiger partial charge on any atom is -0.465 e. The van der Waals surface area contributed by atoms with Gasteiger partial charge in [0.05, 0.1) is 18.4 Å². The zero-order valence-electron chi connectivity index (χ0n) is 16.1. The first-order valence-corrected chi connectivity index (χ1v) is 9.32. The minimum atomic E-state index is -0.826. The Hall–Kier alpha value is -3.02. The molecular weight excluding hydrogens is 359 g/mol. The van der Waals surface area contributed by atoms with Gasteiger partial charge in [-0.25, -0.2) is 9.18 Å². The van der Waals surface area contributed by atoms with Gasteiger partial charge >= 0.3 is 12.0 Å². The maximum atomic E-state index is 13.3. The van der Waals surface area contributed by atoms with E-state index in [0.29, 0.717) is 11.5 Å². The van der Waals surface area contributed by atoms with E-state index in [2.05, 4.69) is 24.2 Å². The number of amides is 2. The predicted molar refractivity (Wildman–Crippen MR) is 105 cm³/mol. The van der Waals surface area contributed by atoms with Crippen molar-refractivity contribution in [2.45, 2.75) is 32.7 Å². The molecule has 2 amide bonds. The zero-order chi connectivity index (χ0) is 20.3. The summed E-state index contributed by atoms with van der Waals surface area (Å²) in [4.78, 5) is 29.1. The first-order valence-electron chi connectivity index (χ1n) is 9.32. The molecule has 0 aliphatic carbocycles. The van der Waals surface area contributed by atoms with E-state index in [1.54, 1.807) is 6.92 Å². The number of carbonyl (C=O) groups excluding carboxylic acids is 2. The fourth-order valence-corrected chi connectivity index (χ4v) is 3.29. The van der Waals surface area contributed by atoms with Gasteiger partial charge in [0.2, 0.25) is 0 Å². The molecule has 2 unspecified atom stereocenters. The van der Waals surface area contributed by atoms with E-state index >= 15 is 0 Å². The maximum Gasteiger partial charge on any atom is 0.341 e. The molecule has 5 nitrogen and oxygen atoms in total. The van der Waals surface area contributed by atoms with Crippen LogP contribution >= 0.6 is 0 Å². The molecule has 0 radical (unpaired) electrons. The summed E-state index contributed by atoms with van der Waals surface area (Å²) in [6.07, 6.45) is 0. The summed E-state index contributed by atoms with van der Waals surface area (Å²) in [5.41, 5.74) is 2.73. The standard InChI is InChI=1S/C22H23FN2O3/c1-4-28-21(26)18-19(15-7-5-14(6-8-15)13(2)3)24-22(27)25-20(18)16-9-11-17(23)12-10-16/h5-13,18-19H,4H2,1-3H3,(H,24,27). The number of rotatable bonds is 5. The molecule has 3 rings (SSSR count). The lowest BCUT2D eigenvalue weighted by Gasteiger charge is -2.31. The smallest absolute Gasteiger partial charge is 0.341 e. The first kappa shape index (κ1) is 19.7. The molecule has 1 N–H and O–H groups in total. The lowest BCUT2D eigenvalue weighted by Crippen LogP contribution is -2.45. The number of esters is 1. The van der Waals surface area contributed by atoms with Crippen LogP contribution in [0.3, 0.4) is 0 Å². The Labute approximate surface area is 163 Å². The molecule has 2 atom stereocenters. The molecule has 1 aliphatic heterocycles. The van der Waals surface area contributed by atoms with Crippen molar-refractivity contribution in [1.82, 2.24) is 5.32 Å². The van der Waals surface area contributed by atoms with Crippen LogP contribution in [0, 0.1) is 11.7 Å². The number of carbonyl (C=O) groups is 2. The van der Waals surface area contributed by atoms with E-state index in [9.17, 15) is 14.0 Å². The van der Waals surface area contributed by atoms with Crippen molar-refractivity contribution in [3.05, 3.63) is 71.0 Å². The topological polar surface area (TPSA) is 67.8 Å². The molecule has 2 aromatic rings. The van der Waals surface area contributed by atoms with E-state index < -0.39 is 29.8 Å². The van der Waals surface area contributed by atoms with E-state index in [1.807, 2.05) is 24.3 Å². The van der Waals surface area contributed by atoms with Crippen molar-refractivity contribution in [3.63, 3.8) is 0 Å². The number of ether oxygens (including phenoxy) is 1. The highest BCUT2D eigenvalue weighted by molar-refractivity contribution is 6.17. The van der Waals surface area contributed by atoms with Crippen LogP contribution < -0.4 is 5.32 Å². The van der Waals surface area contributed by atoms with Crippen LogP contribution in [0.2, 0.25) is 0 Å². The van der Waals surface area contributed by atoms with Crippen LogP contribution in [0.4, 0.5) is 9.18 Å². The SMILES string of the molecule is CCOC(=O)C1C(c2ccc(F)cc2)=NC(=O)NC1c1ccc(C(C)C)cc1. The van der Waals surface area contributed by atoms with E-state index in [4.69, 9.17) is 4.74 Å². The van der Waals surface area contributed by atoms with Crippen LogP contribution in [-0.2, 0) is 9.53 Å². The summed E-state index contributed by atoms with van der Waals surface area (Å²) in [7, 11) is 0. The van der Waals surface area contributed by atoms with Crippen LogP contribution in [0.1, 0.15) is 49.4 Å². The lowest BCUT2D eigenvalue weighted by molar-refractivity contribution is -0.146. The van der Waals surface area contributed by atoms with Crippen molar-refractivity contribution in [2.75, 3.05) is 6.61 Å². The number of nitrogens with zero attached hydrogens (tertiary/aromatic N) is 1. The Morgan fingerprint density at radius 3 is 2.36 bits per heavy atom. The fourth-order valence-electron chi connectivity index (χ4n) is 3.29. The summed E-state index contributed by atoms with van der Waals surface area (Å²) in [6.45, 7) is 6.12. The summed E-state index contributed by atoms with van der Waals surface area (Å²) < 4.78 is 18.6. The molecule has 0 saturated carbocycles. The highest BCUT2D eigenvalue weighted by Crippen LogP contribution is 2.31. The highest BCUT2D eigenvalue weighted by Gasteiger charge is 2.40. The number of benzene rings is 2. The number of hydrogen-bond donors (Lipinski definition) is 1. The first-order chi connectivity index (χ1) is 13.4. The van der Waals surface area contributed by atoms with Gasteiger partial charge in [-0.05, 0) is 41.7 Å². The van der Waals surface area contributed by atoms with Crippen molar-refractivity contribution in [1.29, 1.82) is 0 Å². The third-order valence-corrected chi connectivity index (χ3v) is 4.77. The molecule has 0 fully saturated rings. The van der Waals surface area contributed by atoms with Gasteiger partial charge in [-0.3, -0.25) is 4.79 Å². The molecule has 0 spiro atoms. The summed E-state index contributed by atoms with van der Waals surface area (Å²) in [5, 5.41) is 2.78. The average molecular weight is 382 g/mol. The highest BCUT2D eigenvalue weighted by atomic mass is 19.1. The van der Waals surface area contributed by atoms with Gasteiger partial charge in [-0.15, -0.1) is 0 Å². The minimum absolute atomic E-state index is 0.207. The number of hydrogen-bond acceptors (Lipinski definition) is 3. The number of halogens is 1. The molecule has 6 heteroatoms. The van der Waals surface area contributed by atoms with Gasteiger partial charge in [-0.1, -0.05) is 50.2 Å². The molecule has 2 aromatic carbocycles. The summed E-state index contributed by atoms with van der Waals surface area (Å²) in [5.74, 6) is -1.35. The molecule has 0 bridgehead atoms. The van der Waals surface area contributed by atoms with Gasteiger partial charge in [0, 0.05) is 0 Å². The Bertz CT molecular complexity index is 889. The Balaban J connectivity index is 2.05. The van der Waals surface area contributed by atoms with Gasteiger partial charge in [0.1, 0.15) is 11.7 Å².